The minimum Gasteiger partial charge on any atom is -0.494 e. The van der Waals surface area contributed by atoms with Crippen molar-refractivity contribution < 1.29 is 17.9 Å². The summed E-state index contributed by atoms with van der Waals surface area (Å²) in [5.74, 6) is 0.269. The van der Waals surface area contributed by atoms with Crippen LogP contribution < -0.4 is 14.4 Å². The number of hydrogen-bond acceptors (Lipinski definition) is 4. The molecule has 25 heavy (non-hydrogen) atoms. The van der Waals surface area contributed by atoms with E-state index in [1.54, 1.807) is 48.5 Å². The minimum atomic E-state index is -3.60. The number of carbonyl (C=O) groups excluding carboxylic acids is 1. The fourth-order valence-electron chi connectivity index (χ4n) is 2.14. The molecule has 0 unspecified atom stereocenters. The van der Waals surface area contributed by atoms with Crippen molar-refractivity contribution in [2.75, 3.05) is 29.0 Å². The number of halogens is 1. The van der Waals surface area contributed by atoms with E-state index in [4.69, 9.17) is 4.74 Å². The van der Waals surface area contributed by atoms with Crippen molar-refractivity contribution >= 4 is 43.2 Å². The van der Waals surface area contributed by atoms with Crippen LogP contribution in [-0.2, 0) is 14.8 Å². The van der Waals surface area contributed by atoms with E-state index >= 15 is 0 Å². The molecule has 0 spiro atoms. The first-order valence-electron chi connectivity index (χ1n) is 7.55. The Balaban J connectivity index is 2.10. The van der Waals surface area contributed by atoms with E-state index in [0.29, 0.717) is 23.7 Å². The van der Waals surface area contributed by atoms with Gasteiger partial charge >= 0.3 is 0 Å². The van der Waals surface area contributed by atoms with Gasteiger partial charge in [-0.15, -0.1) is 0 Å². The van der Waals surface area contributed by atoms with E-state index in [1.807, 2.05) is 6.92 Å². The van der Waals surface area contributed by atoms with E-state index in [-0.39, 0.29) is 6.54 Å². The van der Waals surface area contributed by atoms with Crippen LogP contribution in [0.1, 0.15) is 6.92 Å². The summed E-state index contributed by atoms with van der Waals surface area (Å²) in [5.41, 5.74) is 0.991. The van der Waals surface area contributed by atoms with E-state index in [2.05, 4.69) is 21.2 Å². The molecule has 8 heteroatoms. The van der Waals surface area contributed by atoms with Gasteiger partial charge in [-0.05, 0) is 55.5 Å². The molecule has 0 aliphatic carbocycles. The van der Waals surface area contributed by atoms with Gasteiger partial charge in [0.15, 0.2) is 0 Å². The highest BCUT2D eigenvalue weighted by atomic mass is 79.9. The van der Waals surface area contributed by atoms with Crippen LogP contribution in [0.5, 0.6) is 5.75 Å². The normalized spacial score (nSPS) is 11.0. The van der Waals surface area contributed by atoms with Gasteiger partial charge in [-0.1, -0.05) is 15.9 Å². The maximum absolute atomic E-state index is 12.3. The first kappa shape index (κ1) is 19.3. The third-order valence-electron chi connectivity index (χ3n) is 3.25. The lowest BCUT2D eigenvalue weighted by Crippen LogP contribution is -2.37. The molecule has 2 aromatic carbocycles. The Hall–Kier alpha value is -2.06. The van der Waals surface area contributed by atoms with Gasteiger partial charge in [-0.2, -0.15) is 0 Å². The molecule has 0 aromatic heterocycles. The van der Waals surface area contributed by atoms with Crippen LogP contribution in [-0.4, -0.2) is 33.7 Å². The highest BCUT2D eigenvalue weighted by molar-refractivity contribution is 9.10. The molecule has 0 saturated heterocycles. The second-order valence-corrected chi connectivity index (χ2v) is 8.07. The van der Waals surface area contributed by atoms with Crippen LogP contribution in [0.25, 0.3) is 0 Å². The number of benzene rings is 2. The van der Waals surface area contributed by atoms with Crippen molar-refractivity contribution in [3.8, 4) is 5.75 Å². The molecule has 0 aliphatic rings. The maximum Gasteiger partial charge on any atom is 0.245 e. The first-order chi connectivity index (χ1) is 11.8. The predicted molar refractivity (Wildman–Crippen MR) is 103 cm³/mol. The number of nitrogens with one attached hydrogen (secondary N) is 1. The Morgan fingerprint density at radius 3 is 2.24 bits per heavy atom. The molecule has 1 N–H and O–H groups in total. The second kappa shape index (κ2) is 8.35. The zero-order valence-corrected chi connectivity index (χ0v) is 16.3. The number of rotatable bonds is 7. The fourth-order valence-corrected chi connectivity index (χ4v) is 3.26. The van der Waals surface area contributed by atoms with Gasteiger partial charge in [-0.3, -0.25) is 9.10 Å². The van der Waals surface area contributed by atoms with Crippen molar-refractivity contribution in [3.63, 3.8) is 0 Å². The van der Waals surface area contributed by atoms with Gasteiger partial charge in [0, 0.05) is 10.2 Å². The molecule has 6 nitrogen and oxygen atoms in total. The van der Waals surface area contributed by atoms with Crippen molar-refractivity contribution in [2.45, 2.75) is 6.92 Å². The highest BCUT2D eigenvalue weighted by Gasteiger charge is 2.20. The lowest BCUT2D eigenvalue weighted by atomic mass is 10.3. The molecule has 134 valence electrons. The summed E-state index contributed by atoms with van der Waals surface area (Å²) in [7, 11) is -3.60. The summed E-state index contributed by atoms with van der Waals surface area (Å²) in [6.45, 7) is 2.13. The molecule has 1 amide bonds. The standard InChI is InChI=1S/C17H19BrN2O4S/c1-3-24-16-10-6-14(7-11-16)19-17(21)12-20(25(2,22)23)15-8-4-13(18)5-9-15/h4-11H,3,12H2,1-2H3,(H,19,21). The lowest BCUT2D eigenvalue weighted by Gasteiger charge is -2.22. The number of carbonyl (C=O) groups is 1. The molecule has 2 rings (SSSR count). The molecular weight excluding hydrogens is 408 g/mol. The van der Waals surface area contributed by atoms with Crippen molar-refractivity contribution in [1.82, 2.24) is 0 Å². The molecule has 0 aliphatic heterocycles. The zero-order chi connectivity index (χ0) is 18.4. The third kappa shape index (κ3) is 5.75. The first-order valence-corrected chi connectivity index (χ1v) is 10.2. The predicted octanol–water partition coefficient (Wildman–Crippen LogP) is 3.25. The molecule has 2 aromatic rings. The molecule has 0 saturated carbocycles. The van der Waals surface area contributed by atoms with Gasteiger partial charge in [-0.25, -0.2) is 8.42 Å². The Morgan fingerprint density at radius 1 is 1.12 bits per heavy atom. The number of hydrogen-bond donors (Lipinski definition) is 1. The topological polar surface area (TPSA) is 75.7 Å². The molecular formula is C17H19BrN2O4S. The summed E-state index contributed by atoms with van der Waals surface area (Å²) in [6.07, 6.45) is 1.07. The zero-order valence-electron chi connectivity index (χ0n) is 13.9. The Labute approximate surface area is 156 Å². The minimum absolute atomic E-state index is 0.312. The molecule has 0 bridgehead atoms. The Morgan fingerprint density at radius 2 is 1.72 bits per heavy atom. The number of nitrogens with zero attached hydrogens (tertiary/aromatic N) is 1. The SMILES string of the molecule is CCOc1ccc(NC(=O)CN(c2ccc(Br)cc2)S(C)(=O)=O)cc1. The van der Waals surface area contributed by atoms with Gasteiger partial charge in [0.2, 0.25) is 15.9 Å². The van der Waals surface area contributed by atoms with Crippen LogP contribution in [0.4, 0.5) is 11.4 Å². The molecule has 0 atom stereocenters. The van der Waals surface area contributed by atoms with E-state index in [9.17, 15) is 13.2 Å². The summed E-state index contributed by atoms with van der Waals surface area (Å²) >= 11 is 3.30. The number of amides is 1. The highest BCUT2D eigenvalue weighted by Crippen LogP contribution is 2.21. The van der Waals surface area contributed by atoms with Crippen molar-refractivity contribution in [3.05, 3.63) is 53.0 Å². The van der Waals surface area contributed by atoms with Gasteiger partial charge in [0.05, 0.1) is 18.6 Å². The number of ether oxygens (including phenoxy) is 1. The summed E-state index contributed by atoms with van der Waals surface area (Å²) in [4.78, 5) is 12.3. The smallest absolute Gasteiger partial charge is 0.245 e. The maximum atomic E-state index is 12.3. The van der Waals surface area contributed by atoms with Gasteiger partial charge in [0.1, 0.15) is 12.3 Å². The Kier molecular flexibility index (Phi) is 6.44. The molecule has 0 heterocycles. The number of sulfonamides is 1. The summed E-state index contributed by atoms with van der Waals surface area (Å²) < 4.78 is 31.3. The third-order valence-corrected chi connectivity index (χ3v) is 4.92. The quantitative estimate of drug-likeness (QED) is 0.736. The van der Waals surface area contributed by atoms with E-state index < -0.39 is 15.9 Å². The van der Waals surface area contributed by atoms with E-state index in [1.165, 1.54) is 0 Å². The monoisotopic (exact) mass is 426 g/mol. The van der Waals surface area contributed by atoms with Crippen LogP contribution in [0.2, 0.25) is 0 Å². The molecule has 0 fully saturated rings. The second-order valence-electron chi connectivity index (χ2n) is 5.25. The average molecular weight is 427 g/mol. The lowest BCUT2D eigenvalue weighted by molar-refractivity contribution is -0.114. The number of anilines is 2. The Bertz CT molecular complexity index is 821. The van der Waals surface area contributed by atoms with Crippen LogP contribution >= 0.6 is 15.9 Å². The van der Waals surface area contributed by atoms with Crippen molar-refractivity contribution in [1.29, 1.82) is 0 Å². The van der Waals surface area contributed by atoms with Crippen molar-refractivity contribution in [2.24, 2.45) is 0 Å². The summed E-state index contributed by atoms with van der Waals surface area (Å²) in [5, 5.41) is 2.69. The van der Waals surface area contributed by atoms with E-state index in [0.717, 1.165) is 15.0 Å². The van der Waals surface area contributed by atoms with Gasteiger partial charge < -0.3 is 10.1 Å². The van der Waals surface area contributed by atoms with Crippen LogP contribution in [0.15, 0.2) is 53.0 Å². The van der Waals surface area contributed by atoms with Crippen LogP contribution in [0, 0.1) is 0 Å². The largest absolute Gasteiger partial charge is 0.494 e. The molecule has 0 radical (unpaired) electrons. The van der Waals surface area contributed by atoms with Gasteiger partial charge in [0.25, 0.3) is 0 Å². The van der Waals surface area contributed by atoms with Crippen LogP contribution in [0.3, 0.4) is 0 Å². The summed E-state index contributed by atoms with van der Waals surface area (Å²) in [6, 6.07) is 13.6. The fraction of sp³-hybridized carbons (Fsp3) is 0.235. The average Bonchev–Trinajstić information content (AvgIpc) is 2.55.